The Bertz CT molecular complexity index is 669. The Kier molecular flexibility index (Phi) is 6.15. The quantitative estimate of drug-likeness (QED) is 0.832. The monoisotopic (exact) mass is 349 g/mol. The molecule has 0 saturated carbocycles. The molecule has 2 N–H and O–H groups in total. The van der Waals surface area contributed by atoms with Crippen molar-refractivity contribution in [1.29, 1.82) is 0 Å². The molecule has 0 fully saturated rings. The smallest absolute Gasteiger partial charge is 0.136 e. The number of nitrogens with zero attached hydrogens (tertiary/aromatic N) is 2. The Morgan fingerprint density at radius 1 is 1.21 bits per heavy atom. The molecule has 0 bridgehead atoms. The minimum atomic E-state index is -0.277. The van der Waals surface area contributed by atoms with Crippen molar-refractivity contribution in [3.63, 3.8) is 0 Å². The van der Waals surface area contributed by atoms with Gasteiger partial charge in [0.1, 0.15) is 11.6 Å². The first-order chi connectivity index (χ1) is 11.3. The maximum atomic E-state index is 9.75. The minimum absolute atomic E-state index is 0.0594. The van der Waals surface area contributed by atoms with Crippen LogP contribution in [-0.4, -0.2) is 28.8 Å². The zero-order valence-electron chi connectivity index (χ0n) is 14.5. The third-order valence-electron chi connectivity index (χ3n) is 3.52. The lowest BCUT2D eigenvalue weighted by molar-refractivity contribution is 0.181. The molecule has 0 spiro atoms. The van der Waals surface area contributed by atoms with Gasteiger partial charge >= 0.3 is 0 Å². The van der Waals surface area contributed by atoms with E-state index in [0.29, 0.717) is 17.4 Å². The van der Waals surface area contributed by atoms with Gasteiger partial charge in [0.25, 0.3) is 0 Å². The van der Waals surface area contributed by atoms with Gasteiger partial charge in [-0.3, -0.25) is 0 Å². The number of hydrogen-bond acceptors (Lipinski definition) is 5. The lowest BCUT2D eigenvalue weighted by Gasteiger charge is -2.22. The molecule has 2 aromatic rings. The fourth-order valence-electron chi connectivity index (χ4n) is 2.24. The summed E-state index contributed by atoms with van der Waals surface area (Å²) in [5.74, 6) is 1.39. The number of halogens is 1. The summed E-state index contributed by atoms with van der Waals surface area (Å²) in [7, 11) is 1.64. The molecule has 1 aromatic carbocycles. The van der Waals surface area contributed by atoms with Gasteiger partial charge in [0.2, 0.25) is 0 Å². The summed E-state index contributed by atoms with van der Waals surface area (Å²) >= 11 is 5.93. The van der Waals surface area contributed by atoms with Crippen LogP contribution in [-0.2, 0) is 16.8 Å². The van der Waals surface area contributed by atoms with Crippen LogP contribution >= 0.6 is 11.6 Å². The fourth-order valence-corrected chi connectivity index (χ4v) is 2.36. The van der Waals surface area contributed by atoms with Gasteiger partial charge < -0.3 is 15.2 Å². The Labute approximate surface area is 148 Å². The number of nitrogens with one attached hydrogen (secondary N) is 1. The number of methoxy groups -OCH3 is 1. The number of hydrogen-bond donors (Lipinski definition) is 2. The van der Waals surface area contributed by atoms with Crippen molar-refractivity contribution < 1.29 is 9.84 Å². The molecule has 0 aliphatic rings. The maximum absolute atomic E-state index is 9.75. The summed E-state index contributed by atoms with van der Waals surface area (Å²) in [6, 6.07) is 8.95. The van der Waals surface area contributed by atoms with Gasteiger partial charge in [0.15, 0.2) is 0 Å². The zero-order valence-corrected chi connectivity index (χ0v) is 15.3. The molecule has 2 rings (SSSR count). The van der Waals surface area contributed by atoms with Gasteiger partial charge in [-0.1, -0.05) is 44.5 Å². The van der Waals surface area contributed by atoms with Crippen molar-refractivity contribution in [1.82, 2.24) is 9.97 Å². The first-order valence-corrected chi connectivity index (χ1v) is 8.21. The van der Waals surface area contributed by atoms with Crippen LogP contribution in [0.3, 0.4) is 0 Å². The normalized spacial score (nSPS) is 12.9. The molecule has 0 aliphatic heterocycles. The molecule has 1 atom stereocenters. The molecule has 0 saturated heterocycles. The van der Waals surface area contributed by atoms with E-state index < -0.39 is 0 Å². The fraction of sp³-hybridized carbons (Fsp3) is 0.444. The van der Waals surface area contributed by atoms with E-state index in [0.717, 1.165) is 17.1 Å². The van der Waals surface area contributed by atoms with E-state index in [1.807, 2.05) is 18.2 Å². The Balaban J connectivity index is 2.32. The third kappa shape index (κ3) is 4.90. The second-order valence-electron chi connectivity index (χ2n) is 6.68. The van der Waals surface area contributed by atoms with Crippen LogP contribution in [0.4, 0.5) is 5.82 Å². The number of aliphatic hydroxyl groups is 1. The first kappa shape index (κ1) is 18.6. The van der Waals surface area contributed by atoms with Crippen LogP contribution in [0.15, 0.2) is 30.3 Å². The molecule has 1 unspecified atom stereocenters. The van der Waals surface area contributed by atoms with Crippen molar-refractivity contribution in [3.05, 3.63) is 52.4 Å². The van der Waals surface area contributed by atoms with Crippen molar-refractivity contribution in [2.24, 2.45) is 0 Å². The third-order valence-corrected chi connectivity index (χ3v) is 3.77. The Morgan fingerprint density at radius 3 is 2.42 bits per heavy atom. The standard InChI is InChI=1S/C18H24ClN3O2/c1-18(2,3)17-20-14(11-24-4)9-16(22-17)21-15(10-23)12-5-7-13(19)8-6-12/h5-9,15,23H,10-11H2,1-4H3,(H,20,21,22). The molecule has 1 heterocycles. The molecule has 130 valence electrons. The second-order valence-corrected chi connectivity index (χ2v) is 7.12. The highest BCUT2D eigenvalue weighted by Crippen LogP contribution is 2.24. The number of aliphatic hydroxyl groups excluding tert-OH is 1. The average Bonchev–Trinajstić information content (AvgIpc) is 2.53. The average molecular weight is 350 g/mol. The van der Waals surface area contributed by atoms with Crippen molar-refractivity contribution in [2.45, 2.75) is 38.8 Å². The van der Waals surface area contributed by atoms with Gasteiger partial charge in [0, 0.05) is 23.6 Å². The number of rotatable bonds is 6. The summed E-state index contributed by atoms with van der Waals surface area (Å²) in [6.07, 6.45) is 0. The van der Waals surface area contributed by atoms with Crippen molar-refractivity contribution >= 4 is 17.4 Å². The molecule has 24 heavy (non-hydrogen) atoms. The summed E-state index contributed by atoms with van der Waals surface area (Å²) in [6.45, 7) is 6.53. The van der Waals surface area contributed by atoms with E-state index >= 15 is 0 Å². The number of benzene rings is 1. The van der Waals surface area contributed by atoms with E-state index in [1.165, 1.54) is 0 Å². The second kappa shape index (κ2) is 7.92. The molecule has 0 radical (unpaired) electrons. The Hall–Kier alpha value is -1.69. The van der Waals surface area contributed by atoms with Crippen LogP contribution in [0, 0.1) is 0 Å². The van der Waals surface area contributed by atoms with E-state index in [-0.39, 0.29) is 18.1 Å². The largest absolute Gasteiger partial charge is 0.394 e. The maximum Gasteiger partial charge on any atom is 0.136 e. The minimum Gasteiger partial charge on any atom is -0.394 e. The molecule has 0 aliphatic carbocycles. The number of ether oxygens (including phenoxy) is 1. The summed E-state index contributed by atoms with van der Waals surface area (Å²) in [5, 5.41) is 13.7. The number of aromatic nitrogens is 2. The van der Waals surface area contributed by atoms with Crippen LogP contribution in [0.5, 0.6) is 0 Å². The predicted molar refractivity (Wildman–Crippen MR) is 96.3 cm³/mol. The molecular weight excluding hydrogens is 326 g/mol. The van der Waals surface area contributed by atoms with Gasteiger partial charge in [-0.05, 0) is 17.7 Å². The highest BCUT2D eigenvalue weighted by Gasteiger charge is 2.20. The molecular formula is C18H24ClN3O2. The lowest BCUT2D eigenvalue weighted by atomic mass is 9.95. The van der Waals surface area contributed by atoms with Gasteiger partial charge in [-0.15, -0.1) is 0 Å². The van der Waals surface area contributed by atoms with E-state index in [2.05, 4.69) is 36.1 Å². The molecule has 6 heteroatoms. The van der Waals surface area contributed by atoms with Crippen LogP contribution < -0.4 is 5.32 Å². The van der Waals surface area contributed by atoms with E-state index in [9.17, 15) is 5.11 Å². The van der Waals surface area contributed by atoms with Crippen molar-refractivity contribution in [3.8, 4) is 0 Å². The number of anilines is 1. The zero-order chi connectivity index (χ0) is 17.7. The molecule has 5 nitrogen and oxygen atoms in total. The predicted octanol–water partition coefficient (Wildman–Crippen LogP) is 3.72. The summed E-state index contributed by atoms with van der Waals surface area (Å²) in [4.78, 5) is 9.16. The lowest BCUT2D eigenvalue weighted by Crippen LogP contribution is -2.21. The summed E-state index contributed by atoms with van der Waals surface area (Å²) in [5.41, 5.74) is 1.55. The summed E-state index contributed by atoms with van der Waals surface area (Å²) < 4.78 is 5.20. The first-order valence-electron chi connectivity index (χ1n) is 7.83. The van der Waals surface area contributed by atoms with E-state index in [4.69, 9.17) is 16.3 Å². The van der Waals surface area contributed by atoms with E-state index in [1.54, 1.807) is 19.2 Å². The highest BCUT2D eigenvalue weighted by molar-refractivity contribution is 6.30. The topological polar surface area (TPSA) is 67.3 Å². The Morgan fingerprint density at radius 2 is 1.88 bits per heavy atom. The van der Waals surface area contributed by atoms with Gasteiger partial charge in [-0.2, -0.15) is 0 Å². The molecule has 1 aromatic heterocycles. The van der Waals surface area contributed by atoms with Crippen LogP contribution in [0.1, 0.15) is 43.9 Å². The SMILES string of the molecule is COCc1cc(NC(CO)c2ccc(Cl)cc2)nc(C(C)(C)C)n1. The van der Waals surface area contributed by atoms with Crippen molar-refractivity contribution in [2.75, 3.05) is 19.0 Å². The van der Waals surface area contributed by atoms with Gasteiger partial charge in [0.05, 0.1) is 24.9 Å². The van der Waals surface area contributed by atoms with Crippen LogP contribution in [0.2, 0.25) is 5.02 Å². The van der Waals surface area contributed by atoms with Crippen LogP contribution in [0.25, 0.3) is 0 Å². The molecule has 0 amide bonds. The highest BCUT2D eigenvalue weighted by atomic mass is 35.5. The van der Waals surface area contributed by atoms with Gasteiger partial charge in [-0.25, -0.2) is 9.97 Å².